The number of non-ortho nitro benzene ring substituents is 1. The minimum atomic E-state index is -0.433. The van der Waals surface area contributed by atoms with Crippen molar-refractivity contribution in [3.05, 3.63) is 39.9 Å². The van der Waals surface area contributed by atoms with Crippen molar-refractivity contribution in [3.63, 3.8) is 0 Å². The molecule has 9 nitrogen and oxygen atoms in total. The largest absolute Gasteiger partial charge is 0.385 e. The molecule has 1 amide bonds. The molecule has 164 valence electrons. The zero-order chi connectivity index (χ0) is 21.2. The molecule has 0 aliphatic rings. The van der Waals surface area contributed by atoms with Gasteiger partial charge in [0.05, 0.1) is 18.0 Å². The third-order valence-electron chi connectivity index (χ3n) is 3.62. The molecular weight excluding hydrogens is 489 g/mol. The van der Waals surface area contributed by atoms with Crippen LogP contribution in [0.15, 0.2) is 29.3 Å². The molecule has 0 atom stereocenters. The molecule has 0 fully saturated rings. The van der Waals surface area contributed by atoms with E-state index in [9.17, 15) is 14.9 Å². The Morgan fingerprint density at radius 2 is 1.90 bits per heavy atom. The first-order chi connectivity index (χ1) is 13.1. The first kappa shape index (κ1) is 27.0. The first-order valence-electron chi connectivity index (χ1n) is 9.15. The summed E-state index contributed by atoms with van der Waals surface area (Å²) in [7, 11) is 3.44. The standard InChI is InChI=1S/C19H31N5O4.HI/c1-19(2,3)22-17(25)14-23(4)18(20-11-6-12-28-5)21-13-15-7-9-16(10-8-15)24(26)27;/h7-10H,6,11-14H2,1-5H3,(H,20,21)(H,22,25);1H. The molecule has 1 rings (SSSR count). The van der Waals surface area contributed by atoms with Crippen molar-refractivity contribution in [3.8, 4) is 0 Å². The number of carbonyl (C=O) groups is 1. The average molecular weight is 521 g/mol. The number of halogens is 1. The molecule has 1 aromatic carbocycles. The van der Waals surface area contributed by atoms with Crippen LogP contribution in [0.25, 0.3) is 0 Å². The summed E-state index contributed by atoms with van der Waals surface area (Å²) in [5, 5.41) is 16.9. The topological polar surface area (TPSA) is 109 Å². The maximum Gasteiger partial charge on any atom is 0.269 e. The lowest BCUT2D eigenvalue weighted by atomic mass is 10.1. The number of hydrogen-bond donors (Lipinski definition) is 2. The Labute approximate surface area is 189 Å². The number of carbonyl (C=O) groups excluding carboxylic acids is 1. The number of rotatable bonds is 9. The van der Waals surface area contributed by atoms with E-state index in [0.717, 1.165) is 12.0 Å². The van der Waals surface area contributed by atoms with Crippen LogP contribution < -0.4 is 10.6 Å². The van der Waals surface area contributed by atoms with Gasteiger partial charge in [0.15, 0.2) is 5.96 Å². The van der Waals surface area contributed by atoms with Crippen molar-refractivity contribution in [2.45, 2.75) is 39.3 Å². The number of nitro groups is 1. The summed E-state index contributed by atoms with van der Waals surface area (Å²) in [6.45, 7) is 7.56. The second-order valence-corrected chi connectivity index (χ2v) is 7.49. The molecule has 0 saturated heterocycles. The molecule has 29 heavy (non-hydrogen) atoms. The second kappa shape index (κ2) is 13.3. The number of methoxy groups -OCH3 is 1. The van der Waals surface area contributed by atoms with E-state index in [1.807, 2.05) is 20.8 Å². The summed E-state index contributed by atoms with van der Waals surface area (Å²) in [4.78, 5) is 28.8. The summed E-state index contributed by atoms with van der Waals surface area (Å²) < 4.78 is 5.05. The molecule has 0 aliphatic carbocycles. The van der Waals surface area contributed by atoms with Crippen LogP contribution in [-0.2, 0) is 16.1 Å². The predicted molar refractivity (Wildman–Crippen MR) is 125 cm³/mol. The van der Waals surface area contributed by atoms with Crippen molar-refractivity contribution in [1.82, 2.24) is 15.5 Å². The van der Waals surface area contributed by atoms with E-state index < -0.39 is 4.92 Å². The lowest BCUT2D eigenvalue weighted by Gasteiger charge is -2.25. The molecule has 1 aromatic rings. The van der Waals surface area contributed by atoms with Gasteiger partial charge >= 0.3 is 0 Å². The van der Waals surface area contributed by atoms with Crippen LogP contribution in [0.1, 0.15) is 32.8 Å². The van der Waals surface area contributed by atoms with E-state index in [2.05, 4.69) is 15.6 Å². The van der Waals surface area contributed by atoms with Crippen LogP contribution >= 0.6 is 24.0 Å². The van der Waals surface area contributed by atoms with E-state index >= 15 is 0 Å². The predicted octanol–water partition coefficient (Wildman–Crippen LogP) is 2.54. The van der Waals surface area contributed by atoms with Crippen LogP contribution in [0.2, 0.25) is 0 Å². The molecular formula is C19H32IN5O4. The van der Waals surface area contributed by atoms with E-state index in [1.54, 1.807) is 31.2 Å². The van der Waals surface area contributed by atoms with Crippen LogP contribution in [-0.4, -0.2) is 61.1 Å². The first-order valence-corrected chi connectivity index (χ1v) is 9.15. The van der Waals surface area contributed by atoms with E-state index in [1.165, 1.54) is 12.1 Å². The molecule has 0 saturated carbocycles. The number of nitro benzene ring substituents is 1. The van der Waals surface area contributed by atoms with E-state index in [-0.39, 0.29) is 47.7 Å². The number of ether oxygens (including phenoxy) is 1. The summed E-state index contributed by atoms with van der Waals surface area (Å²) in [5.74, 6) is 0.482. The van der Waals surface area contributed by atoms with Gasteiger partial charge in [-0.3, -0.25) is 14.9 Å². The summed E-state index contributed by atoms with van der Waals surface area (Å²) >= 11 is 0. The van der Waals surface area contributed by atoms with Gasteiger partial charge in [-0.2, -0.15) is 0 Å². The van der Waals surface area contributed by atoms with Gasteiger partial charge in [-0.25, -0.2) is 4.99 Å². The Morgan fingerprint density at radius 1 is 1.28 bits per heavy atom. The number of nitrogens with one attached hydrogen (secondary N) is 2. The minimum Gasteiger partial charge on any atom is -0.385 e. The van der Waals surface area contributed by atoms with Gasteiger partial charge in [0.25, 0.3) is 5.69 Å². The smallest absolute Gasteiger partial charge is 0.269 e. The highest BCUT2D eigenvalue weighted by molar-refractivity contribution is 14.0. The van der Waals surface area contributed by atoms with Gasteiger partial charge in [0.2, 0.25) is 5.91 Å². The molecule has 2 N–H and O–H groups in total. The Balaban J connectivity index is 0.00000784. The Morgan fingerprint density at radius 3 is 2.41 bits per heavy atom. The van der Waals surface area contributed by atoms with Gasteiger partial charge in [-0.1, -0.05) is 12.1 Å². The second-order valence-electron chi connectivity index (χ2n) is 7.49. The Kier molecular flexibility index (Phi) is 12.4. The molecule has 0 aliphatic heterocycles. The molecule has 0 spiro atoms. The highest BCUT2D eigenvalue weighted by Gasteiger charge is 2.17. The van der Waals surface area contributed by atoms with E-state index in [4.69, 9.17) is 4.74 Å². The van der Waals surface area contributed by atoms with Crippen LogP contribution in [0.3, 0.4) is 0 Å². The van der Waals surface area contributed by atoms with Crippen molar-refractivity contribution >= 4 is 41.5 Å². The van der Waals surface area contributed by atoms with Crippen molar-refractivity contribution < 1.29 is 14.5 Å². The molecule has 0 aromatic heterocycles. The Bertz CT molecular complexity index is 674. The van der Waals surface area contributed by atoms with Crippen LogP contribution in [0, 0.1) is 10.1 Å². The molecule has 0 bridgehead atoms. The SMILES string of the molecule is COCCCNC(=NCc1ccc([N+](=O)[O-])cc1)N(C)CC(=O)NC(C)(C)C.I. The van der Waals surface area contributed by atoms with E-state index in [0.29, 0.717) is 25.7 Å². The zero-order valence-electron chi connectivity index (χ0n) is 17.7. The van der Waals surface area contributed by atoms with Crippen LogP contribution in [0.4, 0.5) is 5.69 Å². The fraction of sp³-hybridized carbons (Fsp3) is 0.579. The lowest BCUT2D eigenvalue weighted by Crippen LogP contribution is -2.49. The minimum absolute atomic E-state index is 0. The summed E-state index contributed by atoms with van der Waals surface area (Å²) in [6, 6.07) is 6.26. The van der Waals surface area contributed by atoms with Crippen molar-refractivity contribution in [2.24, 2.45) is 4.99 Å². The normalized spacial score (nSPS) is 11.4. The quantitative estimate of drug-likeness (QED) is 0.129. The molecule has 10 heteroatoms. The average Bonchev–Trinajstić information content (AvgIpc) is 2.59. The van der Waals surface area contributed by atoms with Gasteiger partial charge in [-0.05, 0) is 32.8 Å². The number of likely N-dealkylation sites (N-methyl/N-ethyl adjacent to an activating group) is 1. The molecule has 0 unspecified atom stereocenters. The maximum absolute atomic E-state index is 12.2. The number of guanidine groups is 1. The number of amides is 1. The maximum atomic E-state index is 12.2. The number of hydrogen-bond acceptors (Lipinski definition) is 5. The fourth-order valence-corrected chi connectivity index (χ4v) is 2.37. The van der Waals surface area contributed by atoms with Crippen molar-refractivity contribution in [2.75, 3.05) is 33.9 Å². The number of benzene rings is 1. The highest BCUT2D eigenvalue weighted by Crippen LogP contribution is 2.12. The van der Waals surface area contributed by atoms with Crippen molar-refractivity contribution in [1.29, 1.82) is 0 Å². The summed E-state index contributed by atoms with van der Waals surface area (Å²) in [5.41, 5.74) is 0.579. The van der Waals surface area contributed by atoms with Gasteiger partial charge in [0, 0.05) is 45.0 Å². The molecule has 0 heterocycles. The highest BCUT2D eigenvalue weighted by atomic mass is 127. The van der Waals surface area contributed by atoms with Gasteiger partial charge in [0.1, 0.15) is 0 Å². The fourth-order valence-electron chi connectivity index (χ4n) is 2.37. The zero-order valence-corrected chi connectivity index (χ0v) is 20.1. The third kappa shape index (κ3) is 11.6. The monoisotopic (exact) mass is 521 g/mol. The molecule has 0 radical (unpaired) electrons. The Hall–Kier alpha value is -1.95. The summed E-state index contributed by atoms with van der Waals surface area (Å²) in [6.07, 6.45) is 0.801. The lowest BCUT2D eigenvalue weighted by molar-refractivity contribution is -0.384. The van der Waals surface area contributed by atoms with Crippen LogP contribution in [0.5, 0.6) is 0 Å². The third-order valence-corrected chi connectivity index (χ3v) is 3.62. The number of nitrogens with zero attached hydrogens (tertiary/aromatic N) is 3. The number of aliphatic imine (C=N–C) groups is 1. The van der Waals surface area contributed by atoms with Gasteiger partial charge < -0.3 is 20.3 Å². The van der Waals surface area contributed by atoms with Gasteiger partial charge in [-0.15, -0.1) is 24.0 Å².